The molecule has 0 atom stereocenters. The molecule has 1 aliphatic rings. The van der Waals surface area contributed by atoms with Gasteiger partial charge < -0.3 is 14.8 Å². The molecule has 0 aliphatic carbocycles. The summed E-state index contributed by atoms with van der Waals surface area (Å²) in [6.07, 6.45) is 1.15. The van der Waals surface area contributed by atoms with E-state index < -0.39 is 5.60 Å². The number of esters is 1. The van der Waals surface area contributed by atoms with Crippen molar-refractivity contribution in [3.63, 3.8) is 0 Å². The van der Waals surface area contributed by atoms with Crippen LogP contribution in [-0.2, 0) is 9.53 Å². The second-order valence-electron chi connectivity index (χ2n) is 4.27. The maximum Gasteiger partial charge on any atom is 0.350 e. The average molecular weight is 306 g/mol. The molecule has 1 saturated heterocycles. The summed E-state index contributed by atoms with van der Waals surface area (Å²) >= 11 is 6.06. The number of carbonyl (C=O) groups excluding carboxylic acids is 1. The van der Waals surface area contributed by atoms with Gasteiger partial charge in [0.1, 0.15) is 5.75 Å². The first kappa shape index (κ1) is 16.1. The lowest BCUT2D eigenvalue weighted by molar-refractivity contribution is -0.161. The lowest BCUT2D eigenvalue weighted by atomic mass is 9.92. The topological polar surface area (TPSA) is 47.6 Å². The Labute approximate surface area is 123 Å². The standard InChI is InChI=1S/C13H16ClNO3.ClH/c1-17-12(16)13(6-8-15-9-7-13)18-11-5-3-2-4-10(11)14;/h2-5,15H,6-9H2,1H3;1H. The summed E-state index contributed by atoms with van der Waals surface area (Å²) in [7, 11) is 1.38. The van der Waals surface area contributed by atoms with E-state index in [2.05, 4.69) is 5.32 Å². The monoisotopic (exact) mass is 305 g/mol. The molecule has 1 aromatic rings. The molecule has 1 heterocycles. The van der Waals surface area contributed by atoms with Crippen LogP contribution in [0.3, 0.4) is 0 Å². The molecule has 0 saturated carbocycles. The first-order valence-corrected chi connectivity index (χ1v) is 6.28. The van der Waals surface area contributed by atoms with Crippen molar-refractivity contribution >= 4 is 30.0 Å². The molecule has 0 bridgehead atoms. The summed E-state index contributed by atoms with van der Waals surface area (Å²) in [5.74, 6) is 0.176. The third kappa shape index (κ3) is 3.53. The summed E-state index contributed by atoms with van der Waals surface area (Å²) in [6.45, 7) is 1.44. The van der Waals surface area contributed by atoms with Crippen LogP contribution in [0.15, 0.2) is 24.3 Å². The molecule has 0 aromatic heterocycles. The zero-order valence-corrected chi connectivity index (χ0v) is 12.2. The zero-order valence-electron chi connectivity index (χ0n) is 10.6. The number of piperidine rings is 1. The fourth-order valence-corrected chi connectivity index (χ4v) is 2.28. The van der Waals surface area contributed by atoms with Crippen LogP contribution in [0.5, 0.6) is 5.75 Å². The Hall–Kier alpha value is -0.970. The van der Waals surface area contributed by atoms with Gasteiger partial charge in [0.2, 0.25) is 5.60 Å². The molecule has 19 heavy (non-hydrogen) atoms. The van der Waals surface area contributed by atoms with Gasteiger partial charge in [0.25, 0.3) is 0 Å². The van der Waals surface area contributed by atoms with E-state index in [0.717, 1.165) is 13.1 Å². The van der Waals surface area contributed by atoms with Crippen molar-refractivity contribution in [2.75, 3.05) is 20.2 Å². The highest BCUT2D eigenvalue weighted by atomic mass is 35.5. The van der Waals surface area contributed by atoms with Gasteiger partial charge in [0.05, 0.1) is 12.1 Å². The Morgan fingerprint density at radius 3 is 2.53 bits per heavy atom. The second kappa shape index (κ2) is 6.98. The van der Waals surface area contributed by atoms with Crippen LogP contribution in [0.1, 0.15) is 12.8 Å². The van der Waals surface area contributed by atoms with Crippen LogP contribution in [-0.4, -0.2) is 31.8 Å². The van der Waals surface area contributed by atoms with Crippen molar-refractivity contribution in [2.24, 2.45) is 0 Å². The van der Waals surface area contributed by atoms with E-state index >= 15 is 0 Å². The van der Waals surface area contributed by atoms with Gasteiger partial charge in [-0.05, 0) is 25.2 Å². The largest absolute Gasteiger partial charge is 0.474 e. The van der Waals surface area contributed by atoms with Gasteiger partial charge >= 0.3 is 5.97 Å². The van der Waals surface area contributed by atoms with Crippen LogP contribution < -0.4 is 10.1 Å². The zero-order chi connectivity index (χ0) is 13.0. The Kier molecular flexibility index (Phi) is 5.91. The Balaban J connectivity index is 0.00000180. The first-order chi connectivity index (χ1) is 8.68. The minimum absolute atomic E-state index is 0. The highest BCUT2D eigenvalue weighted by molar-refractivity contribution is 6.32. The van der Waals surface area contributed by atoms with Gasteiger partial charge in [-0.15, -0.1) is 12.4 Å². The maximum atomic E-state index is 12.0. The first-order valence-electron chi connectivity index (χ1n) is 5.91. The van der Waals surface area contributed by atoms with E-state index in [0.29, 0.717) is 23.6 Å². The Morgan fingerprint density at radius 2 is 1.95 bits per heavy atom. The molecule has 0 amide bonds. The lowest BCUT2D eigenvalue weighted by Crippen LogP contribution is -2.52. The van der Waals surface area contributed by atoms with Gasteiger partial charge in [-0.25, -0.2) is 4.79 Å². The quantitative estimate of drug-likeness (QED) is 0.871. The van der Waals surface area contributed by atoms with E-state index in [1.165, 1.54) is 7.11 Å². The second-order valence-corrected chi connectivity index (χ2v) is 4.68. The van der Waals surface area contributed by atoms with Crippen molar-refractivity contribution in [1.82, 2.24) is 5.32 Å². The molecule has 6 heteroatoms. The summed E-state index contributed by atoms with van der Waals surface area (Å²) in [5.41, 5.74) is -0.926. The number of halogens is 2. The van der Waals surface area contributed by atoms with Gasteiger partial charge in [-0.3, -0.25) is 0 Å². The maximum absolute atomic E-state index is 12.0. The fraction of sp³-hybridized carbons (Fsp3) is 0.462. The van der Waals surface area contributed by atoms with Crippen LogP contribution in [0.2, 0.25) is 5.02 Å². The normalized spacial score (nSPS) is 17.2. The smallest absolute Gasteiger partial charge is 0.350 e. The van der Waals surface area contributed by atoms with Crippen molar-refractivity contribution in [1.29, 1.82) is 0 Å². The van der Waals surface area contributed by atoms with Crippen molar-refractivity contribution in [3.8, 4) is 5.75 Å². The van der Waals surface area contributed by atoms with Crippen LogP contribution in [0, 0.1) is 0 Å². The number of rotatable bonds is 3. The Morgan fingerprint density at radius 1 is 1.32 bits per heavy atom. The third-order valence-electron chi connectivity index (χ3n) is 3.11. The van der Waals surface area contributed by atoms with E-state index in [-0.39, 0.29) is 18.4 Å². The number of hydrogen-bond donors (Lipinski definition) is 1. The molecular formula is C13H17Cl2NO3. The number of ether oxygens (including phenoxy) is 2. The molecule has 2 rings (SSSR count). The summed E-state index contributed by atoms with van der Waals surface area (Å²) in [4.78, 5) is 12.0. The highest BCUT2D eigenvalue weighted by Crippen LogP contribution is 2.32. The van der Waals surface area contributed by atoms with Gasteiger partial charge in [0.15, 0.2) is 0 Å². The van der Waals surface area contributed by atoms with Gasteiger partial charge in [-0.1, -0.05) is 23.7 Å². The molecule has 0 radical (unpaired) electrons. The van der Waals surface area contributed by atoms with Crippen LogP contribution in [0.4, 0.5) is 0 Å². The molecule has 1 fully saturated rings. The molecule has 106 valence electrons. The molecule has 4 nitrogen and oxygen atoms in total. The highest BCUT2D eigenvalue weighted by Gasteiger charge is 2.43. The van der Waals surface area contributed by atoms with Crippen LogP contribution in [0.25, 0.3) is 0 Å². The predicted octanol–water partition coefficient (Wildman–Crippen LogP) is 2.44. The van der Waals surface area contributed by atoms with Crippen LogP contribution >= 0.6 is 24.0 Å². The fourth-order valence-electron chi connectivity index (χ4n) is 2.10. The SMILES string of the molecule is COC(=O)C1(Oc2ccccc2Cl)CCNCC1.Cl. The molecule has 1 N–H and O–H groups in total. The average Bonchev–Trinajstić information content (AvgIpc) is 2.41. The number of hydrogen-bond acceptors (Lipinski definition) is 4. The number of carbonyl (C=O) groups is 1. The summed E-state index contributed by atoms with van der Waals surface area (Å²) < 4.78 is 10.8. The number of benzene rings is 1. The van der Waals surface area contributed by atoms with Crippen molar-refractivity contribution < 1.29 is 14.3 Å². The van der Waals surface area contributed by atoms with E-state index in [1.54, 1.807) is 12.1 Å². The molecule has 1 aliphatic heterocycles. The summed E-state index contributed by atoms with van der Waals surface area (Å²) in [6, 6.07) is 7.15. The molecule has 1 aromatic carbocycles. The van der Waals surface area contributed by atoms with Crippen molar-refractivity contribution in [2.45, 2.75) is 18.4 Å². The summed E-state index contributed by atoms with van der Waals surface area (Å²) in [5, 5.41) is 3.70. The number of para-hydroxylation sites is 1. The van der Waals surface area contributed by atoms with Gasteiger partial charge in [-0.2, -0.15) is 0 Å². The number of methoxy groups -OCH3 is 1. The van der Waals surface area contributed by atoms with E-state index in [1.807, 2.05) is 12.1 Å². The third-order valence-corrected chi connectivity index (χ3v) is 3.42. The van der Waals surface area contributed by atoms with Gasteiger partial charge in [0, 0.05) is 12.8 Å². The van der Waals surface area contributed by atoms with E-state index in [4.69, 9.17) is 21.1 Å². The minimum atomic E-state index is -0.926. The van der Waals surface area contributed by atoms with Crippen molar-refractivity contribution in [3.05, 3.63) is 29.3 Å². The van der Waals surface area contributed by atoms with E-state index in [9.17, 15) is 4.79 Å². The predicted molar refractivity (Wildman–Crippen MR) is 76.2 cm³/mol. The minimum Gasteiger partial charge on any atom is -0.474 e. The molecule has 0 spiro atoms. The molecule has 0 unspecified atom stereocenters. The molecular weight excluding hydrogens is 289 g/mol. The lowest BCUT2D eigenvalue weighted by Gasteiger charge is -2.35. The Bertz CT molecular complexity index is 434. The number of nitrogens with one attached hydrogen (secondary N) is 1.